The number of benzene rings is 2. The summed E-state index contributed by atoms with van der Waals surface area (Å²) >= 11 is 6.77. The van der Waals surface area contributed by atoms with Gasteiger partial charge in [-0.2, -0.15) is 0 Å². The summed E-state index contributed by atoms with van der Waals surface area (Å²) < 4.78 is 4.81. The Bertz CT molecular complexity index is 1210. The van der Waals surface area contributed by atoms with Crippen molar-refractivity contribution in [3.8, 4) is 0 Å². The lowest BCUT2D eigenvalue weighted by atomic mass is 10.1. The highest BCUT2D eigenvalue weighted by Crippen LogP contribution is 2.34. The Morgan fingerprint density at radius 2 is 1.62 bits per heavy atom. The second-order valence-corrected chi connectivity index (χ2v) is 7.93. The van der Waals surface area contributed by atoms with Gasteiger partial charge in [0.2, 0.25) is 0 Å². The summed E-state index contributed by atoms with van der Waals surface area (Å²) in [4.78, 5) is 48.2. The minimum Gasteiger partial charge on any atom is -0.465 e. The van der Waals surface area contributed by atoms with Crippen molar-refractivity contribution in [2.45, 2.75) is 6.92 Å². The fraction of sp³-hybridized carbons (Fsp3) is 0.0952. The summed E-state index contributed by atoms with van der Waals surface area (Å²) in [6.07, 6.45) is 0. The van der Waals surface area contributed by atoms with Crippen molar-refractivity contribution >= 4 is 57.1 Å². The van der Waals surface area contributed by atoms with Crippen LogP contribution in [0.15, 0.2) is 48.5 Å². The number of anilines is 2. The predicted octanol–water partition coefficient (Wildman–Crippen LogP) is 4.91. The molecule has 11 heteroatoms. The van der Waals surface area contributed by atoms with Crippen LogP contribution < -0.4 is 10.6 Å². The molecule has 1 aromatic heterocycles. The van der Waals surface area contributed by atoms with Crippen LogP contribution in [0.1, 0.15) is 36.0 Å². The number of esters is 1. The SMILES string of the molecule is COC(=O)c1c(NC(=O)c2ccc([N+](=O)[O-])cc2)sc(C(=O)Nc2ccc(Cl)cc2)c1C. The van der Waals surface area contributed by atoms with Gasteiger partial charge in [-0.25, -0.2) is 4.79 Å². The van der Waals surface area contributed by atoms with Gasteiger partial charge in [0.05, 0.1) is 22.5 Å². The lowest BCUT2D eigenvalue weighted by molar-refractivity contribution is -0.384. The van der Waals surface area contributed by atoms with E-state index >= 15 is 0 Å². The third-order valence-corrected chi connectivity index (χ3v) is 5.87. The van der Waals surface area contributed by atoms with Crippen molar-refractivity contribution in [3.05, 3.63) is 85.2 Å². The number of rotatable bonds is 6. The monoisotopic (exact) mass is 473 g/mol. The zero-order chi connectivity index (χ0) is 23.4. The van der Waals surface area contributed by atoms with Crippen LogP contribution in [-0.4, -0.2) is 29.8 Å². The van der Waals surface area contributed by atoms with Gasteiger partial charge in [-0.05, 0) is 48.9 Å². The maximum atomic E-state index is 12.8. The Kier molecular flexibility index (Phi) is 6.86. The number of nitro groups is 1. The van der Waals surface area contributed by atoms with Gasteiger partial charge >= 0.3 is 5.97 Å². The number of hydrogen-bond acceptors (Lipinski definition) is 7. The average Bonchev–Trinajstić information content (AvgIpc) is 3.10. The van der Waals surface area contributed by atoms with E-state index in [1.165, 1.54) is 31.4 Å². The van der Waals surface area contributed by atoms with Gasteiger partial charge in [0, 0.05) is 28.4 Å². The van der Waals surface area contributed by atoms with Crippen molar-refractivity contribution in [1.82, 2.24) is 0 Å². The molecule has 0 aliphatic heterocycles. The van der Waals surface area contributed by atoms with Crippen LogP contribution in [-0.2, 0) is 4.74 Å². The number of nitrogens with zero attached hydrogens (tertiary/aromatic N) is 1. The number of amides is 2. The summed E-state index contributed by atoms with van der Waals surface area (Å²) in [6, 6.07) is 11.5. The molecule has 3 rings (SSSR count). The topological polar surface area (TPSA) is 128 Å². The first-order valence-corrected chi connectivity index (χ1v) is 10.2. The normalized spacial score (nSPS) is 10.3. The van der Waals surface area contributed by atoms with Crippen LogP contribution in [0.3, 0.4) is 0 Å². The molecule has 3 aromatic rings. The van der Waals surface area contributed by atoms with Gasteiger partial charge in [-0.15, -0.1) is 11.3 Å². The maximum Gasteiger partial charge on any atom is 0.341 e. The third-order valence-electron chi connectivity index (χ3n) is 4.41. The fourth-order valence-corrected chi connectivity index (χ4v) is 4.01. The van der Waals surface area contributed by atoms with Gasteiger partial charge in [0.1, 0.15) is 5.00 Å². The molecular weight excluding hydrogens is 458 g/mol. The van der Waals surface area contributed by atoms with E-state index in [0.717, 1.165) is 11.3 Å². The Morgan fingerprint density at radius 1 is 1.00 bits per heavy atom. The lowest BCUT2D eigenvalue weighted by Crippen LogP contribution is -2.14. The number of nitrogens with one attached hydrogen (secondary N) is 2. The Hall–Kier alpha value is -3.76. The molecule has 0 atom stereocenters. The van der Waals surface area contributed by atoms with Crippen LogP contribution in [0.5, 0.6) is 0 Å². The average molecular weight is 474 g/mol. The fourth-order valence-electron chi connectivity index (χ4n) is 2.80. The summed E-state index contributed by atoms with van der Waals surface area (Å²) in [6.45, 7) is 1.57. The van der Waals surface area contributed by atoms with Gasteiger partial charge in [-0.1, -0.05) is 11.6 Å². The van der Waals surface area contributed by atoms with Gasteiger partial charge < -0.3 is 15.4 Å². The quantitative estimate of drug-likeness (QED) is 0.297. The first kappa shape index (κ1) is 22.9. The summed E-state index contributed by atoms with van der Waals surface area (Å²) in [7, 11) is 1.19. The molecule has 0 aliphatic rings. The van der Waals surface area contributed by atoms with Crippen molar-refractivity contribution in [1.29, 1.82) is 0 Å². The van der Waals surface area contributed by atoms with E-state index in [9.17, 15) is 24.5 Å². The molecule has 0 radical (unpaired) electrons. The van der Waals surface area contributed by atoms with Crippen LogP contribution in [0.25, 0.3) is 0 Å². The minimum atomic E-state index is -0.719. The van der Waals surface area contributed by atoms with Crippen molar-refractivity contribution in [2.75, 3.05) is 17.7 Å². The van der Waals surface area contributed by atoms with E-state index in [1.54, 1.807) is 31.2 Å². The predicted molar refractivity (Wildman–Crippen MR) is 121 cm³/mol. The van der Waals surface area contributed by atoms with Crippen molar-refractivity contribution in [3.63, 3.8) is 0 Å². The molecule has 0 saturated carbocycles. The molecule has 32 heavy (non-hydrogen) atoms. The van der Waals surface area contributed by atoms with Gasteiger partial charge in [-0.3, -0.25) is 19.7 Å². The molecule has 2 aromatic carbocycles. The van der Waals surface area contributed by atoms with E-state index in [0.29, 0.717) is 16.3 Å². The van der Waals surface area contributed by atoms with Crippen LogP contribution in [0.2, 0.25) is 5.02 Å². The molecule has 0 spiro atoms. The molecule has 9 nitrogen and oxygen atoms in total. The van der Waals surface area contributed by atoms with Crippen LogP contribution >= 0.6 is 22.9 Å². The lowest BCUT2D eigenvalue weighted by Gasteiger charge is -2.06. The smallest absolute Gasteiger partial charge is 0.341 e. The Balaban J connectivity index is 1.90. The molecule has 1 heterocycles. The minimum absolute atomic E-state index is 0.0500. The number of carbonyl (C=O) groups is 3. The third kappa shape index (κ3) is 4.93. The summed E-state index contributed by atoms with van der Waals surface area (Å²) in [5.74, 6) is -1.80. The second-order valence-electron chi connectivity index (χ2n) is 6.47. The van der Waals surface area contributed by atoms with E-state index < -0.39 is 22.7 Å². The number of thiophene rings is 1. The number of non-ortho nitro benzene ring substituents is 1. The Morgan fingerprint density at radius 3 is 2.19 bits per heavy atom. The zero-order valence-electron chi connectivity index (χ0n) is 16.8. The molecule has 0 fully saturated rings. The van der Waals surface area contributed by atoms with Crippen molar-refractivity contribution in [2.24, 2.45) is 0 Å². The largest absolute Gasteiger partial charge is 0.465 e. The molecule has 0 unspecified atom stereocenters. The van der Waals surface area contributed by atoms with Gasteiger partial charge in [0.25, 0.3) is 17.5 Å². The number of nitro benzene ring substituents is 1. The first-order valence-electron chi connectivity index (χ1n) is 9.05. The highest BCUT2D eigenvalue weighted by molar-refractivity contribution is 7.19. The number of hydrogen-bond donors (Lipinski definition) is 2. The number of halogens is 1. The Labute approximate surface area is 191 Å². The molecule has 0 bridgehead atoms. The van der Waals surface area contributed by atoms with Crippen molar-refractivity contribution < 1.29 is 24.0 Å². The number of carbonyl (C=O) groups excluding carboxylic acids is 3. The summed E-state index contributed by atoms with van der Waals surface area (Å²) in [5.41, 5.74) is 0.874. The van der Waals surface area contributed by atoms with Crippen LogP contribution in [0.4, 0.5) is 16.4 Å². The summed E-state index contributed by atoms with van der Waals surface area (Å²) in [5, 5.41) is 16.7. The standard InChI is InChI=1S/C21H16ClN3O6S/c1-11-16(21(28)31-2)20(24-18(26)12-3-9-15(10-4-12)25(29)30)32-17(11)19(27)23-14-7-5-13(22)6-8-14/h3-10H,1-2H3,(H,23,27)(H,24,26). The zero-order valence-corrected chi connectivity index (χ0v) is 18.4. The van der Waals surface area contributed by atoms with Crippen LogP contribution in [0, 0.1) is 17.0 Å². The second kappa shape index (κ2) is 9.58. The molecular formula is C21H16ClN3O6S. The molecule has 0 saturated heterocycles. The molecule has 164 valence electrons. The first-order chi connectivity index (χ1) is 15.2. The number of methoxy groups -OCH3 is 1. The van der Waals surface area contributed by atoms with E-state index in [-0.39, 0.29) is 26.7 Å². The molecule has 0 aliphatic carbocycles. The highest BCUT2D eigenvalue weighted by atomic mass is 35.5. The molecule has 2 N–H and O–H groups in total. The van der Waals surface area contributed by atoms with E-state index in [1.807, 2.05) is 0 Å². The van der Waals surface area contributed by atoms with Gasteiger partial charge in [0.15, 0.2) is 0 Å². The maximum absolute atomic E-state index is 12.8. The van der Waals surface area contributed by atoms with E-state index in [4.69, 9.17) is 16.3 Å². The van der Waals surface area contributed by atoms with E-state index in [2.05, 4.69) is 10.6 Å². The highest BCUT2D eigenvalue weighted by Gasteiger charge is 2.26. The molecule has 2 amide bonds. The number of ether oxygens (including phenoxy) is 1.